The summed E-state index contributed by atoms with van der Waals surface area (Å²) in [7, 11) is 0. The highest BCUT2D eigenvalue weighted by molar-refractivity contribution is 5.46. The van der Waals surface area contributed by atoms with Crippen molar-refractivity contribution in [1.82, 2.24) is 0 Å². The fourth-order valence-corrected chi connectivity index (χ4v) is 1.78. The van der Waals surface area contributed by atoms with E-state index in [1.54, 1.807) is 6.07 Å². The zero-order valence-electron chi connectivity index (χ0n) is 9.91. The summed E-state index contributed by atoms with van der Waals surface area (Å²) in [4.78, 5) is 0. The summed E-state index contributed by atoms with van der Waals surface area (Å²) >= 11 is 0. The van der Waals surface area contributed by atoms with Crippen LogP contribution in [0, 0.1) is 17.5 Å². The average molecular weight is 267 g/mol. The molecule has 2 aromatic carbocycles. The highest BCUT2D eigenvalue weighted by Gasteiger charge is 2.14. The van der Waals surface area contributed by atoms with Gasteiger partial charge in [0, 0.05) is 6.07 Å². The van der Waals surface area contributed by atoms with Crippen LogP contribution in [-0.2, 0) is 0 Å². The molecule has 0 bridgehead atoms. The first-order chi connectivity index (χ1) is 9.10. The van der Waals surface area contributed by atoms with E-state index in [1.807, 2.05) is 0 Å². The number of aliphatic hydroxyl groups is 1. The van der Waals surface area contributed by atoms with E-state index in [1.165, 1.54) is 18.2 Å². The molecule has 5 heteroatoms. The highest BCUT2D eigenvalue weighted by atomic mass is 19.1. The number of anilines is 1. The van der Waals surface area contributed by atoms with Crippen LogP contribution in [0.4, 0.5) is 18.9 Å². The van der Waals surface area contributed by atoms with Gasteiger partial charge in [-0.25, -0.2) is 13.2 Å². The number of aliphatic hydroxyl groups excluding tert-OH is 1. The normalized spacial score (nSPS) is 12.2. The topological polar surface area (TPSA) is 32.3 Å². The zero-order chi connectivity index (χ0) is 13.8. The number of halogens is 3. The summed E-state index contributed by atoms with van der Waals surface area (Å²) in [5.41, 5.74) is 0.370. The summed E-state index contributed by atoms with van der Waals surface area (Å²) in [5.74, 6) is -2.00. The second-order valence-corrected chi connectivity index (χ2v) is 4.06. The van der Waals surface area contributed by atoms with Crippen molar-refractivity contribution < 1.29 is 18.3 Å². The lowest BCUT2D eigenvalue weighted by atomic mass is 10.1. The summed E-state index contributed by atoms with van der Waals surface area (Å²) < 4.78 is 39.7. The van der Waals surface area contributed by atoms with E-state index in [-0.39, 0.29) is 11.3 Å². The second-order valence-electron chi connectivity index (χ2n) is 4.06. The maximum Gasteiger partial charge on any atom is 0.146 e. The largest absolute Gasteiger partial charge is 0.394 e. The Bertz CT molecular complexity index is 554. The van der Waals surface area contributed by atoms with Gasteiger partial charge in [-0.2, -0.15) is 0 Å². The average Bonchev–Trinajstić information content (AvgIpc) is 2.36. The van der Waals surface area contributed by atoms with Gasteiger partial charge in [0.25, 0.3) is 0 Å². The third-order valence-corrected chi connectivity index (χ3v) is 2.67. The van der Waals surface area contributed by atoms with Gasteiger partial charge in [0.2, 0.25) is 0 Å². The molecule has 0 aliphatic heterocycles. The molecule has 2 nitrogen and oxygen atoms in total. The quantitative estimate of drug-likeness (QED) is 0.891. The molecular weight excluding hydrogens is 255 g/mol. The molecular formula is C14H12F3NO. The molecule has 0 aliphatic rings. The third kappa shape index (κ3) is 3.26. The van der Waals surface area contributed by atoms with Crippen LogP contribution < -0.4 is 5.32 Å². The minimum atomic E-state index is -0.790. The van der Waals surface area contributed by atoms with Crippen LogP contribution in [0.15, 0.2) is 42.5 Å². The molecule has 0 saturated heterocycles. The molecule has 0 amide bonds. The lowest BCUT2D eigenvalue weighted by molar-refractivity contribution is 0.275. The Morgan fingerprint density at radius 2 is 1.63 bits per heavy atom. The molecule has 2 aromatic rings. The Balaban J connectivity index is 2.28. The first-order valence-electron chi connectivity index (χ1n) is 5.68. The van der Waals surface area contributed by atoms with E-state index >= 15 is 0 Å². The summed E-state index contributed by atoms with van der Waals surface area (Å²) in [6.07, 6.45) is 0. The van der Waals surface area contributed by atoms with Crippen LogP contribution in [-0.4, -0.2) is 11.7 Å². The van der Waals surface area contributed by atoms with E-state index < -0.39 is 30.1 Å². The van der Waals surface area contributed by atoms with E-state index in [0.717, 1.165) is 18.2 Å². The maximum absolute atomic E-state index is 13.5. The fourth-order valence-electron chi connectivity index (χ4n) is 1.78. The maximum atomic E-state index is 13.5. The van der Waals surface area contributed by atoms with Gasteiger partial charge in [-0.3, -0.25) is 0 Å². The monoisotopic (exact) mass is 267 g/mol. The van der Waals surface area contributed by atoms with Crippen LogP contribution >= 0.6 is 0 Å². The minimum absolute atomic E-state index is 0.159. The molecule has 1 atom stereocenters. The predicted octanol–water partition coefficient (Wildman–Crippen LogP) is 3.25. The molecule has 0 fully saturated rings. The Labute approximate surface area is 108 Å². The molecule has 0 radical (unpaired) electrons. The van der Waals surface area contributed by atoms with Crippen LogP contribution in [0.2, 0.25) is 0 Å². The van der Waals surface area contributed by atoms with Crippen molar-refractivity contribution in [1.29, 1.82) is 0 Å². The number of benzene rings is 2. The van der Waals surface area contributed by atoms with Crippen molar-refractivity contribution in [2.45, 2.75) is 6.04 Å². The third-order valence-electron chi connectivity index (χ3n) is 2.67. The Kier molecular flexibility index (Phi) is 4.06. The Hall–Kier alpha value is -2.01. The number of hydrogen-bond acceptors (Lipinski definition) is 2. The number of nitrogens with one attached hydrogen (secondary N) is 1. The van der Waals surface area contributed by atoms with E-state index in [2.05, 4.69) is 5.32 Å². The van der Waals surface area contributed by atoms with Crippen molar-refractivity contribution in [3.05, 3.63) is 65.5 Å². The SMILES string of the molecule is OCC(Nc1ccccc1F)c1cc(F)cc(F)c1. The molecule has 0 aliphatic carbocycles. The van der Waals surface area contributed by atoms with Gasteiger partial charge < -0.3 is 10.4 Å². The highest BCUT2D eigenvalue weighted by Crippen LogP contribution is 2.22. The van der Waals surface area contributed by atoms with Gasteiger partial charge in [-0.15, -0.1) is 0 Å². The van der Waals surface area contributed by atoms with Gasteiger partial charge in [-0.05, 0) is 29.8 Å². The molecule has 100 valence electrons. The second kappa shape index (κ2) is 5.75. The van der Waals surface area contributed by atoms with Crippen molar-refractivity contribution in [2.24, 2.45) is 0 Å². The van der Waals surface area contributed by atoms with E-state index in [0.29, 0.717) is 0 Å². The van der Waals surface area contributed by atoms with Crippen LogP contribution in [0.5, 0.6) is 0 Å². The van der Waals surface area contributed by atoms with Crippen molar-refractivity contribution in [2.75, 3.05) is 11.9 Å². The van der Waals surface area contributed by atoms with Crippen molar-refractivity contribution >= 4 is 5.69 Å². The molecule has 2 rings (SSSR count). The van der Waals surface area contributed by atoms with E-state index in [4.69, 9.17) is 0 Å². The first kappa shape index (κ1) is 13.4. The minimum Gasteiger partial charge on any atom is -0.394 e. The van der Waals surface area contributed by atoms with Crippen LogP contribution in [0.25, 0.3) is 0 Å². The molecule has 2 N–H and O–H groups in total. The van der Waals surface area contributed by atoms with Gasteiger partial charge >= 0.3 is 0 Å². The lowest BCUT2D eigenvalue weighted by Gasteiger charge is -2.18. The molecule has 0 spiro atoms. The summed E-state index contributed by atoms with van der Waals surface area (Å²) in [5, 5.41) is 12.0. The van der Waals surface area contributed by atoms with Crippen molar-refractivity contribution in [3.63, 3.8) is 0 Å². The lowest BCUT2D eigenvalue weighted by Crippen LogP contribution is -2.16. The van der Waals surface area contributed by atoms with Gasteiger partial charge in [0.1, 0.15) is 17.5 Å². The molecule has 0 aromatic heterocycles. The van der Waals surface area contributed by atoms with E-state index in [9.17, 15) is 18.3 Å². The Morgan fingerprint density at radius 1 is 1.00 bits per heavy atom. The standard InChI is InChI=1S/C14H12F3NO/c15-10-5-9(6-11(16)7-10)14(8-19)18-13-4-2-1-3-12(13)17/h1-7,14,18-19H,8H2. The van der Waals surface area contributed by atoms with Gasteiger partial charge in [0.15, 0.2) is 0 Å². The summed E-state index contributed by atoms with van der Waals surface area (Å²) in [6.45, 7) is -0.419. The molecule has 0 saturated carbocycles. The summed E-state index contributed by atoms with van der Waals surface area (Å²) in [6, 6.07) is 8.01. The smallest absolute Gasteiger partial charge is 0.146 e. The van der Waals surface area contributed by atoms with Gasteiger partial charge in [0.05, 0.1) is 18.3 Å². The van der Waals surface area contributed by atoms with Crippen LogP contribution in [0.3, 0.4) is 0 Å². The first-order valence-corrected chi connectivity index (χ1v) is 5.68. The molecule has 0 heterocycles. The molecule has 1 unspecified atom stereocenters. The Morgan fingerprint density at radius 3 is 2.21 bits per heavy atom. The molecule has 19 heavy (non-hydrogen) atoms. The number of hydrogen-bond donors (Lipinski definition) is 2. The number of rotatable bonds is 4. The van der Waals surface area contributed by atoms with Gasteiger partial charge in [-0.1, -0.05) is 12.1 Å². The predicted molar refractivity (Wildman–Crippen MR) is 66.2 cm³/mol. The van der Waals surface area contributed by atoms with Crippen molar-refractivity contribution in [3.8, 4) is 0 Å². The number of para-hydroxylation sites is 1. The van der Waals surface area contributed by atoms with Crippen LogP contribution in [0.1, 0.15) is 11.6 Å². The fraction of sp³-hybridized carbons (Fsp3) is 0.143. The zero-order valence-corrected chi connectivity index (χ0v) is 9.91.